The molecule has 0 amide bonds. The Labute approximate surface area is 98.6 Å². The molecule has 0 aliphatic rings. The number of methoxy groups -OCH3 is 3. The summed E-state index contributed by atoms with van der Waals surface area (Å²) >= 11 is 0. The van der Waals surface area contributed by atoms with Gasteiger partial charge in [0, 0.05) is 17.7 Å². The fraction of sp³-hybridized carbons (Fsp3) is 0.273. The fourth-order valence-electron chi connectivity index (χ4n) is 1.32. The Hall–Kier alpha value is -2.24. The lowest BCUT2D eigenvalue weighted by atomic mass is 10.1. The lowest BCUT2D eigenvalue weighted by molar-refractivity contribution is -0.400. The van der Waals surface area contributed by atoms with Crippen LogP contribution in [0.25, 0.3) is 6.08 Å². The maximum absolute atomic E-state index is 10.3. The lowest BCUT2D eigenvalue weighted by Crippen LogP contribution is -1.94. The molecule has 0 atom stereocenters. The first-order chi connectivity index (χ1) is 8.12. The summed E-state index contributed by atoms with van der Waals surface area (Å²) in [5, 5.41) is 10.3. The van der Waals surface area contributed by atoms with Crippen LogP contribution < -0.4 is 14.2 Å². The molecule has 0 aliphatic heterocycles. The van der Waals surface area contributed by atoms with Crippen molar-refractivity contribution in [3.8, 4) is 17.2 Å². The zero-order chi connectivity index (χ0) is 12.8. The normalized spacial score (nSPS) is 10.3. The molecule has 0 spiro atoms. The fourth-order valence-corrected chi connectivity index (χ4v) is 1.32. The summed E-state index contributed by atoms with van der Waals surface area (Å²) in [7, 11) is 4.47. The first-order valence-corrected chi connectivity index (χ1v) is 4.74. The van der Waals surface area contributed by atoms with Crippen LogP contribution in [0.2, 0.25) is 0 Å². The molecule has 1 aromatic carbocycles. The number of nitrogens with zero attached hydrogens (tertiary/aromatic N) is 1. The van der Waals surface area contributed by atoms with Crippen LogP contribution in [0.3, 0.4) is 0 Å². The molecule has 0 aromatic heterocycles. The molecular weight excluding hydrogens is 226 g/mol. The minimum Gasteiger partial charge on any atom is -0.496 e. The number of hydrogen-bond donors (Lipinski definition) is 0. The van der Waals surface area contributed by atoms with E-state index >= 15 is 0 Å². The molecule has 1 rings (SSSR count). The van der Waals surface area contributed by atoms with E-state index in [1.165, 1.54) is 27.4 Å². The third-order valence-electron chi connectivity index (χ3n) is 2.11. The summed E-state index contributed by atoms with van der Waals surface area (Å²) in [5.74, 6) is 1.46. The molecule has 0 unspecified atom stereocenters. The molecule has 17 heavy (non-hydrogen) atoms. The summed E-state index contributed by atoms with van der Waals surface area (Å²) in [4.78, 5) is 9.73. The second-order valence-corrected chi connectivity index (χ2v) is 3.05. The van der Waals surface area contributed by atoms with E-state index in [-0.39, 0.29) is 0 Å². The first kappa shape index (κ1) is 12.8. The predicted molar refractivity (Wildman–Crippen MR) is 62.1 cm³/mol. The van der Waals surface area contributed by atoms with Crippen LogP contribution in [0.4, 0.5) is 0 Å². The van der Waals surface area contributed by atoms with Crippen molar-refractivity contribution in [1.82, 2.24) is 0 Å². The van der Waals surface area contributed by atoms with Gasteiger partial charge in [0.1, 0.15) is 5.75 Å². The zero-order valence-corrected chi connectivity index (χ0v) is 9.80. The maximum Gasteiger partial charge on any atom is 0.235 e. The van der Waals surface area contributed by atoms with Gasteiger partial charge in [-0.25, -0.2) is 0 Å². The van der Waals surface area contributed by atoms with Crippen LogP contribution in [0.5, 0.6) is 17.2 Å². The van der Waals surface area contributed by atoms with Gasteiger partial charge < -0.3 is 14.2 Å². The second-order valence-electron chi connectivity index (χ2n) is 3.05. The Balaban J connectivity index is 3.23. The number of rotatable bonds is 5. The number of ether oxygens (including phenoxy) is 3. The highest BCUT2D eigenvalue weighted by Crippen LogP contribution is 2.35. The van der Waals surface area contributed by atoms with Crippen LogP contribution >= 0.6 is 0 Å². The van der Waals surface area contributed by atoms with Crippen LogP contribution in [-0.4, -0.2) is 26.3 Å². The van der Waals surface area contributed by atoms with E-state index in [9.17, 15) is 10.1 Å². The largest absolute Gasteiger partial charge is 0.496 e. The molecule has 0 radical (unpaired) electrons. The molecule has 0 bridgehead atoms. The van der Waals surface area contributed by atoms with Crippen molar-refractivity contribution in [3.05, 3.63) is 34.0 Å². The van der Waals surface area contributed by atoms with Crippen molar-refractivity contribution >= 4 is 6.08 Å². The van der Waals surface area contributed by atoms with Crippen LogP contribution in [-0.2, 0) is 0 Å². The summed E-state index contributed by atoms with van der Waals surface area (Å²) < 4.78 is 15.3. The van der Waals surface area contributed by atoms with E-state index in [1.807, 2.05) is 0 Å². The Morgan fingerprint density at radius 3 is 2.06 bits per heavy atom. The van der Waals surface area contributed by atoms with E-state index in [1.54, 1.807) is 12.1 Å². The van der Waals surface area contributed by atoms with E-state index in [0.717, 1.165) is 6.20 Å². The van der Waals surface area contributed by atoms with Crippen molar-refractivity contribution in [2.45, 2.75) is 0 Å². The lowest BCUT2D eigenvalue weighted by Gasteiger charge is -2.11. The molecule has 92 valence electrons. The SMILES string of the molecule is COc1cc(OC)c(OC)cc1/C=C/[N+](=O)[O-]. The van der Waals surface area contributed by atoms with E-state index in [0.29, 0.717) is 22.8 Å². The average molecular weight is 239 g/mol. The maximum atomic E-state index is 10.3. The minimum absolute atomic E-state index is 0.473. The monoisotopic (exact) mass is 239 g/mol. The highest BCUT2D eigenvalue weighted by atomic mass is 16.6. The first-order valence-electron chi connectivity index (χ1n) is 4.74. The molecule has 0 aliphatic carbocycles. The van der Waals surface area contributed by atoms with Gasteiger partial charge in [-0.15, -0.1) is 0 Å². The van der Waals surface area contributed by atoms with Gasteiger partial charge in [0.05, 0.1) is 26.3 Å². The van der Waals surface area contributed by atoms with Crippen molar-refractivity contribution in [2.75, 3.05) is 21.3 Å². The molecule has 0 fully saturated rings. The van der Waals surface area contributed by atoms with Crippen LogP contribution in [0.15, 0.2) is 18.3 Å². The van der Waals surface area contributed by atoms with Gasteiger partial charge in [-0.2, -0.15) is 0 Å². The molecule has 0 saturated heterocycles. The topological polar surface area (TPSA) is 70.8 Å². The smallest absolute Gasteiger partial charge is 0.235 e. The predicted octanol–water partition coefficient (Wildman–Crippen LogP) is 1.96. The molecular formula is C11H13NO5. The van der Waals surface area contributed by atoms with Crippen molar-refractivity contribution < 1.29 is 19.1 Å². The van der Waals surface area contributed by atoms with E-state index in [4.69, 9.17) is 14.2 Å². The van der Waals surface area contributed by atoms with Gasteiger partial charge in [-0.1, -0.05) is 0 Å². The minimum atomic E-state index is -0.545. The van der Waals surface area contributed by atoms with Crippen LogP contribution in [0.1, 0.15) is 5.56 Å². The van der Waals surface area contributed by atoms with Gasteiger partial charge in [-0.3, -0.25) is 10.1 Å². The quantitative estimate of drug-likeness (QED) is 0.580. The Morgan fingerprint density at radius 1 is 1.06 bits per heavy atom. The average Bonchev–Trinajstić information content (AvgIpc) is 2.34. The molecule has 0 heterocycles. The van der Waals surface area contributed by atoms with E-state index in [2.05, 4.69) is 0 Å². The Bertz CT molecular complexity index is 442. The molecule has 0 N–H and O–H groups in total. The summed E-state index contributed by atoms with van der Waals surface area (Å²) in [6.45, 7) is 0. The van der Waals surface area contributed by atoms with Crippen molar-refractivity contribution in [1.29, 1.82) is 0 Å². The van der Waals surface area contributed by atoms with Gasteiger partial charge in [-0.05, 0) is 6.07 Å². The van der Waals surface area contributed by atoms with E-state index < -0.39 is 4.92 Å². The molecule has 6 nitrogen and oxygen atoms in total. The highest BCUT2D eigenvalue weighted by Gasteiger charge is 2.10. The number of benzene rings is 1. The summed E-state index contributed by atoms with van der Waals surface area (Å²) in [5.41, 5.74) is 0.543. The Morgan fingerprint density at radius 2 is 1.59 bits per heavy atom. The van der Waals surface area contributed by atoms with Gasteiger partial charge >= 0.3 is 0 Å². The van der Waals surface area contributed by atoms with Gasteiger partial charge in [0.15, 0.2) is 11.5 Å². The van der Waals surface area contributed by atoms with Gasteiger partial charge in [0.2, 0.25) is 6.20 Å². The standard InChI is InChI=1S/C11H13NO5/c1-15-9-7-11(17-3)10(16-2)6-8(9)4-5-12(13)14/h4-7H,1-3H3/b5-4+. The van der Waals surface area contributed by atoms with Crippen molar-refractivity contribution in [3.63, 3.8) is 0 Å². The van der Waals surface area contributed by atoms with Gasteiger partial charge in [0.25, 0.3) is 0 Å². The Kier molecular flexibility index (Phi) is 4.33. The third-order valence-corrected chi connectivity index (χ3v) is 2.11. The van der Waals surface area contributed by atoms with Crippen molar-refractivity contribution in [2.24, 2.45) is 0 Å². The number of nitro groups is 1. The number of hydrogen-bond acceptors (Lipinski definition) is 5. The second kappa shape index (κ2) is 5.74. The molecule has 6 heteroatoms. The highest BCUT2D eigenvalue weighted by molar-refractivity contribution is 5.62. The zero-order valence-electron chi connectivity index (χ0n) is 9.80. The third kappa shape index (κ3) is 3.10. The summed E-state index contributed by atoms with van der Waals surface area (Å²) in [6.07, 6.45) is 2.17. The van der Waals surface area contributed by atoms with Crippen LogP contribution in [0, 0.1) is 10.1 Å². The molecule has 0 saturated carbocycles. The molecule has 1 aromatic rings. The summed E-state index contributed by atoms with van der Waals surface area (Å²) in [6, 6.07) is 3.22.